The van der Waals surface area contributed by atoms with Gasteiger partial charge in [0, 0.05) is 44.3 Å². The molecule has 1 aliphatic heterocycles. The maximum Gasteiger partial charge on any atom is 0.338 e. The summed E-state index contributed by atoms with van der Waals surface area (Å²) in [4.78, 5) is 86.8. The molecule has 3 aromatic rings. The van der Waals surface area contributed by atoms with Crippen LogP contribution < -0.4 is 5.32 Å². The van der Waals surface area contributed by atoms with Crippen molar-refractivity contribution in [2.75, 3.05) is 13.2 Å². The molecule has 83 heavy (non-hydrogen) atoms. The molecule has 3 fully saturated rings. The normalized spacial score (nSPS) is 27.2. The van der Waals surface area contributed by atoms with E-state index in [1.807, 2.05) is 0 Å². The SMILES string of the molecule is CCCCCCCCCCCCCCCCCCOC(C)OC(C(=O)OC1CC2(O)C(OC(=O)c3ccccc3)C3C4(OC(C)=O)COC4CC(O)C3(C)C(=O)C(OC(C)=O)C(=C1C)C2(C)C)C(NC(=O)c1ccccc1)c1ccccc1. The van der Waals surface area contributed by atoms with Gasteiger partial charge in [-0.05, 0) is 68.2 Å². The Kier molecular flexibility index (Phi) is 22.9. The Morgan fingerprint density at radius 2 is 1.24 bits per heavy atom. The summed E-state index contributed by atoms with van der Waals surface area (Å²) >= 11 is 0. The van der Waals surface area contributed by atoms with Crippen LogP contribution in [0.1, 0.15) is 203 Å². The topological polar surface area (TPSA) is 220 Å². The molecule has 454 valence electrons. The third-order valence-electron chi connectivity index (χ3n) is 18.1. The van der Waals surface area contributed by atoms with Gasteiger partial charge < -0.3 is 48.7 Å². The van der Waals surface area contributed by atoms with Crippen molar-refractivity contribution in [3.8, 4) is 0 Å². The number of nitrogens with one attached hydrogen (secondary N) is 1. The summed E-state index contributed by atoms with van der Waals surface area (Å²) < 4.78 is 44.2. The average Bonchev–Trinajstić information content (AvgIpc) is 0.824. The van der Waals surface area contributed by atoms with Gasteiger partial charge in [-0.3, -0.25) is 19.2 Å². The molecule has 3 N–H and O–H groups in total. The lowest BCUT2D eigenvalue weighted by molar-refractivity contribution is -0.346. The predicted molar refractivity (Wildman–Crippen MR) is 312 cm³/mol. The molecule has 1 amide bonds. The van der Waals surface area contributed by atoms with Gasteiger partial charge in [-0.1, -0.05) is 184 Å². The fraction of sp³-hybridized carbons (Fsp3) is 0.612. The van der Waals surface area contributed by atoms with Crippen molar-refractivity contribution in [2.45, 2.75) is 231 Å². The average molecular weight is 1150 g/mol. The maximum atomic E-state index is 15.9. The number of Topliss-reactive ketones (excluding diaryl/α,β-unsaturated/α-hetero) is 1. The zero-order valence-corrected chi connectivity index (χ0v) is 50.2. The molecule has 2 saturated carbocycles. The summed E-state index contributed by atoms with van der Waals surface area (Å²) in [6.45, 7) is 12.5. The number of carbonyl (C=O) groups excluding carboxylic acids is 6. The third-order valence-corrected chi connectivity index (χ3v) is 18.1. The van der Waals surface area contributed by atoms with Gasteiger partial charge >= 0.3 is 23.9 Å². The molecule has 0 spiro atoms. The molecule has 3 aliphatic carbocycles. The molecular formula is C67H91NO15. The number of fused-ring (bicyclic) bond motifs is 5. The van der Waals surface area contributed by atoms with Crippen LogP contribution in [0.5, 0.6) is 0 Å². The molecule has 3 aromatic carbocycles. The first kappa shape index (κ1) is 64.8. The highest BCUT2D eigenvalue weighted by atomic mass is 16.7. The van der Waals surface area contributed by atoms with Crippen LogP contribution in [-0.4, -0.2) is 113 Å². The van der Waals surface area contributed by atoms with Crippen LogP contribution >= 0.6 is 0 Å². The van der Waals surface area contributed by atoms with Crippen LogP contribution in [0.3, 0.4) is 0 Å². The minimum Gasteiger partial charge on any atom is -0.456 e. The molecule has 16 nitrogen and oxygen atoms in total. The number of ether oxygens (including phenoxy) is 7. The highest BCUT2D eigenvalue weighted by Gasteiger charge is 2.78. The minimum atomic E-state index is -2.40. The van der Waals surface area contributed by atoms with E-state index in [0.717, 1.165) is 32.6 Å². The van der Waals surface area contributed by atoms with Crippen LogP contribution in [0.25, 0.3) is 0 Å². The number of esters is 4. The second-order valence-corrected chi connectivity index (χ2v) is 24.2. The summed E-state index contributed by atoms with van der Waals surface area (Å²) in [5.41, 5.74) is -6.76. The number of carbonyl (C=O) groups is 6. The zero-order chi connectivity index (χ0) is 60.0. The Balaban J connectivity index is 1.20. The van der Waals surface area contributed by atoms with Crippen molar-refractivity contribution in [3.63, 3.8) is 0 Å². The highest BCUT2D eigenvalue weighted by molar-refractivity contribution is 5.96. The van der Waals surface area contributed by atoms with Crippen molar-refractivity contribution < 1.29 is 72.1 Å². The van der Waals surface area contributed by atoms with Gasteiger partial charge in [-0.15, -0.1) is 0 Å². The fourth-order valence-corrected chi connectivity index (χ4v) is 13.4. The first-order chi connectivity index (χ1) is 39.7. The van der Waals surface area contributed by atoms with Crippen molar-refractivity contribution >= 4 is 35.6 Å². The number of benzene rings is 3. The van der Waals surface area contributed by atoms with E-state index < -0.39 is 119 Å². The van der Waals surface area contributed by atoms with Gasteiger partial charge in [0.05, 0.1) is 35.6 Å². The first-order valence-electron chi connectivity index (χ1n) is 30.5. The first-order valence-corrected chi connectivity index (χ1v) is 30.5. The van der Waals surface area contributed by atoms with Gasteiger partial charge in [0.15, 0.2) is 29.9 Å². The Hall–Kier alpha value is -5.78. The van der Waals surface area contributed by atoms with E-state index in [2.05, 4.69) is 12.2 Å². The van der Waals surface area contributed by atoms with E-state index in [4.69, 9.17) is 33.2 Å². The van der Waals surface area contributed by atoms with Gasteiger partial charge in [-0.25, -0.2) is 9.59 Å². The van der Waals surface area contributed by atoms with Crippen molar-refractivity contribution in [1.29, 1.82) is 0 Å². The molecule has 12 unspecified atom stereocenters. The quantitative estimate of drug-likeness (QED) is 0.0186. The number of hydrogen-bond acceptors (Lipinski definition) is 15. The number of amides is 1. The van der Waals surface area contributed by atoms with Crippen LogP contribution in [0.2, 0.25) is 0 Å². The summed E-state index contributed by atoms with van der Waals surface area (Å²) in [5.74, 6) is -6.45. The second-order valence-electron chi connectivity index (χ2n) is 24.2. The highest BCUT2D eigenvalue weighted by Crippen LogP contribution is 2.64. The molecule has 0 aromatic heterocycles. The number of rotatable bonds is 30. The molecular weight excluding hydrogens is 1060 g/mol. The fourth-order valence-electron chi connectivity index (χ4n) is 13.4. The third kappa shape index (κ3) is 14.8. The van der Waals surface area contributed by atoms with Gasteiger partial charge in [-0.2, -0.15) is 0 Å². The van der Waals surface area contributed by atoms with Crippen LogP contribution in [0.4, 0.5) is 0 Å². The summed E-state index contributed by atoms with van der Waals surface area (Å²) in [6.07, 6.45) is 8.50. The van der Waals surface area contributed by atoms with E-state index in [1.165, 1.54) is 103 Å². The van der Waals surface area contributed by atoms with Crippen molar-refractivity contribution in [2.24, 2.45) is 16.7 Å². The van der Waals surface area contributed by atoms with E-state index in [9.17, 15) is 29.4 Å². The summed E-state index contributed by atoms with van der Waals surface area (Å²) in [7, 11) is 0. The van der Waals surface area contributed by atoms with Crippen LogP contribution in [-0.2, 0) is 52.3 Å². The van der Waals surface area contributed by atoms with Gasteiger partial charge in [0.1, 0.15) is 23.9 Å². The standard InChI is InChI=1S/C67H91NO15/c1-9-10-11-12-13-14-15-16-17-18-19-20-21-22-23-33-40-77-47(5)80-57(55(48-34-27-24-28-35-48)68-61(73)49-36-29-25-30-37-49)63(75)81-51-42-67(76)60(82-62(74)50-38-31-26-32-39-50)58-65(8,52(71)41-53-66(58,43-78-53)83-46(4)70)59(72)56(79-45(3)69)54(44(51)2)64(67,6)7/h24-32,34-39,47,51-53,55-58,60,71,76H,9-23,33,40-43H2,1-8H3,(H,68,73). The number of ketones is 1. The Labute approximate surface area is 491 Å². The lowest BCUT2D eigenvalue weighted by Gasteiger charge is -2.67. The number of unbranched alkanes of at least 4 members (excludes halogenated alkanes) is 15. The van der Waals surface area contributed by atoms with E-state index in [1.54, 1.807) is 107 Å². The van der Waals surface area contributed by atoms with Crippen LogP contribution in [0, 0.1) is 16.7 Å². The number of aliphatic hydroxyl groups is 2. The Morgan fingerprint density at radius 1 is 0.711 bits per heavy atom. The van der Waals surface area contributed by atoms with Gasteiger partial charge in [0.25, 0.3) is 5.91 Å². The smallest absolute Gasteiger partial charge is 0.338 e. The molecule has 4 aliphatic rings. The van der Waals surface area contributed by atoms with Crippen molar-refractivity contribution in [3.05, 3.63) is 119 Å². The summed E-state index contributed by atoms with van der Waals surface area (Å²) in [5, 5.41) is 29.4. The second kappa shape index (κ2) is 29.3. The Morgan fingerprint density at radius 3 is 1.76 bits per heavy atom. The number of hydrogen-bond donors (Lipinski definition) is 3. The zero-order valence-electron chi connectivity index (χ0n) is 50.2. The molecule has 7 rings (SSSR count). The van der Waals surface area contributed by atoms with Crippen LogP contribution in [0.15, 0.2) is 102 Å². The van der Waals surface area contributed by atoms with E-state index in [-0.39, 0.29) is 29.7 Å². The summed E-state index contributed by atoms with van der Waals surface area (Å²) in [6, 6.07) is 24.1. The Bertz CT molecular complexity index is 2680. The molecule has 1 saturated heterocycles. The largest absolute Gasteiger partial charge is 0.456 e. The lowest BCUT2D eigenvalue weighted by Crippen LogP contribution is -2.82. The molecule has 2 bridgehead atoms. The van der Waals surface area contributed by atoms with Gasteiger partial charge in [0.2, 0.25) is 0 Å². The lowest BCUT2D eigenvalue weighted by atomic mass is 9.44. The van der Waals surface area contributed by atoms with E-state index in [0.29, 0.717) is 17.7 Å². The minimum absolute atomic E-state index is 0.0374. The monoisotopic (exact) mass is 1150 g/mol. The van der Waals surface area contributed by atoms with E-state index >= 15 is 9.59 Å². The molecule has 16 heteroatoms. The molecule has 12 atom stereocenters. The molecule has 0 radical (unpaired) electrons. The number of aliphatic hydroxyl groups excluding tert-OH is 1. The van der Waals surface area contributed by atoms with Crippen molar-refractivity contribution in [1.82, 2.24) is 5.32 Å². The predicted octanol–water partition coefficient (Wildman–Crippen LogP) is 11.4. The molecule has 1 heterocycles. The maximum absolute atomic E-state index is 15.9.